The third kappa shape index (κ3) is 5.40. The number of rotatable bonds is 5. The standard InChI is InChI=1S/C18H23BN2O2.C12H11BrN2/c1-17(2)18(3,4)23-19(22-17)14-7-5-6-13(10-14)15-11-20-16(21-15)12-8-9-12;13-10-3-1-2-9(6-10)11-7-14-12(15-11)8-4-5-8/h5-7,10-12H,8-9H2,1-4H3,(H,20,21);1-3,6-8H,4-5H2,(H,14,15). The number of aromatic amines is 2. The molecule has 2 aromatic carbocycles. The number of hydrogen-bond acceptors (Lipinski definition) is 4. The zero-order valence-corrected chi connectivity index (χ0v) is 24.0. The van der Waals surface area contributed by atoms with Crippen molar-refractivity contribution in [3.63, 3.8) is 0 Å². The third-order valence-electron chi connectivity index (χ3n) is 7.98. The van der Waals surface area contributed by atoms with Crippen molar-refractivity contribution in [1.82, 2.24) is 19.9 Å². The SMILES string of the molecule is Brc1cccc(-c2cnc(C3CC3)[nH]2)c1.CC1(C)OB(c2cccc(-c3cnc(C4CC4)[nH]3)c2)OC1(C)C. The van der Waals surface area contributed by atoms with Crippen LogP contribution < -0.4 is 5.46 Å². The summed E-state index contributed by atoms with van der Waals surface area (Å²) >= 11 is 3.47. The normalized spacial score (nSPS) is 19.8. The molecule has 3 aliphatic rings. The Morgan fingerprint density at radius 3 is 1.76 bits per heavy atom. The second-order valence-corrected chi connectivity index (χ2v) is 12.6. The van der Waals surface area contributed by atoms with Gasteiger partial charge in [0.05, 0.1) is 35.0 Å². The lowest BCUT2D eigenvalue weighted by Gasteiger charge is -2.32. The van der Waals surface area contributed by atoms with Gasteiger partial charge < -0.3 is 19.3 Å². The number of benzene rings is 2. The second kappa shape index (κ2) is 9.81. The highest BCUT2D eigenvalue weighted by Gasteiger charge is 2.51. The molecule has 0 spiro atoms. The lowest BCUT2D eigenvalue weighted by atomic mass is 9.78. The van der Waals surface area contributed by atoms with Crippen molar-refractivity contribution >= 4 is 28.5 Å². The molecular formula is C30H34BBrN4O2. The third-order valence-corrected chi connectivity index (χ3v) is 8.47. The summed E-state index contributed by atoms with van der Waals surface area (Å²) in [4.78, 5) is 15.8. The van der Waals surface area contributed by atoms with Crippen LogP contribution in [0.5, 0.6) is 0 Å². The maximum atomic E-state index is 6.15. The molecule has 6 nitrogen and oxygen atoms in total. The van der Waals surface area contributed by atoms with E-state index in [-0.39, 0.29) is 18.3 Å². The maximum absolute atomic E-state index is 6.15. The van der Waals surface area contributed by atoms with Gasteiger partial charge in [0.1, 0.15) is 11.6 Å². The second-order valence-electron chi connectivity index (χ2n) is 11.6. The van der Waals surface area contributed by atoms with E-state index in [1.54, 1.807) is 0 Å². The highest BCUT2D eigenvalue weighted by Crippen LogP contribution is 2.40. The van der Waals surface area contributed by atoms with Gasteiger partial charge in [-0.3, -0.25) is 0 Å². The summed E-state index contributed by atoms with van der Waals surface area (Å²) in [7, 11) is -0.328. The van der Waals surface area contributed by atoms with Crippen LogP contribution in [0.25, 0.3) is 22.5 Å². The van der Waals surface area contributed by atoms with Crippen molar-refractivity contribution in [3.8, 4) is 22.5 Å². The van der Waals surface area contributed by atoms with Gasteiger partial charge in [-0.15, -0.1) is 0 Å². The molecule has 3 heterocycles. The highest BCUT2D eigenvalue weighted by atomic mass is 79.9. The van der Waals surface area contributed by atoms with Crippen molar-refractivity contribution in [2.24, 2.45) is 0 Å². The highest BCUT2D eigenvalue weighted by molar-refractivity contribution is 9.10. The summed E-state index contributed by atoms with van der Waals surface area (Å²) in [6.07, 6.45) is 8.92. The van der Waals surface area contributed by atoms with Gasteiger partial charge in [-0.1, -0.05) is 52.3 Å². The van der Waals surface area contributed by atoms with Gasteiger partial charge >= 0.3 is 7.12 Å². The molecular weight excluding hydrogens is 539 g/mol. The first-order valence-electron chi connectivity index (χ1n) is 13.5. The number of halogens is 1. The van der Waals surface area contributed by atoms with Crippen LogP contribution in [-0.2, 0) is 9.31 Å². The quantitative estimate of drug-likeness (QED) is 0.253. The van der Waals surface area contributed by atoms with Crippen LogP contribution in [0.1, 0.15) is 76.9 Å². The van der Waals surface area contributed by atoms with Crippen molar-refractivity contribution < 1.29 is 9.31 Å². The minimum Gasteiger partial charge on any atom is -0.399 e. The summed E-state index contributed by atoms with van der Waals surface area (Å²) < 4.78 is 13.4. The smallest absolute Gasteiger partial charge is 0.399 e. The van der Waals surface area contributed by atoms with E-state index in [1.165, 1.54) is 31.2 Å². The van der Waals surface area contributed by atoms with Crippen LogP contribution in [0.2, 0.25) is 0 Å². The molecule has 2 aromatic heterocycles. The lowest BCUT2D eigenvalue weighted by Crippen LogP contribution is -2.41. The van der Waals surface area contributed by atoms with Gasteiger partial charge in [-0.25, -0.2) is 9.97 Å². The van der Waals surface area contributed by atoms with Gasteiger partial charge in [0, 0.05) is 21.9 Å². The van der Waals surface area contributed by atoms with Crippen LogP contribution in [0.3, 0.4) is 0 Å². The fraction of sp³-hybridized carbons (Fsp3) is 0.400. The number of nitrogens with zero attached hydrogens (tertiary/aromatic N) is 2. The number of nitrogens with one attached hydrogen (secondary N) is 2. The fourth-order valence-corrected chi connectivity index (χ4v) is 4.98. The van der Waals surface area contributed by atoms with E-state index in [0.717, 1.165) is 38.5 Å². The molecule has 2 aliphatic carbocycles. The molecule has 1 saturated heterocycles. The zero-order valence-electron chi connectivity index (χ0n) is 22.4. The van der Waals surface area contributed by atoms with Crippen LogP contribution >= 0.6 is 15.9 Å². The summed E-state index contributed by atoms with van der Waals surface area (Å²) in [6, 6.07) is 16.6. The number of imidazole rings is 2. The maximum Gasteiger partial charge on any atom is 0.494 e. The summed E-state index contributed by atoms with van der Waals surface area (Å²) in [5, 5.41) is 0. The van der Waals surface area contributed by atoms with Crippen molar-refractivity contribution in [3.05, 3.63) is 77.0 Å². The Hall–Kier alpha value is -2.68. The van der Waals surface area contributed by atoms with E-state index < -0.39 is 0 Å². The molecule has 2 N–H and O–H groups in total. The van der Waals surface area contributed by atoms with Gasteiger partial charge in [-0.2, -0.15) is 0 Å². The summed E-state index contributed by atoms with van der Waals surface area (Å²) in [6.45, 7) is 8.31. The Balaban J connectivity index is 0.000000152. The van der Waals surface area contributed by atoms with Gasteiger partial charge in [0.15, 0.2) is 0 Å². The van der Waals surface area contributed by atoms with Crippen LogP contribution in [0, 0.1) is 0 Å². The predicted octanol–water partition coefficient (Wildman–Crippen LogP) is 6.97. The zero-order chi connectivity index (χ0) is 26.5. The van der Waals surface area contributed by atoms with E-state index >= 15 is 0 Å². The summed E-state index contributed by atoms with van der Waals surface area (Å²) in [5.41, 5.74) is 4.88. The lowest BCUT2D eigenvalue weighted by molar-refractivity contribution is 0.00578. The predicted molar refractivity (Wildman–Crippen MR) is 155 cm³/mol. The first kappa shape index (κ1) is 25.6. The van der Waals surface area contributed by atoms with Gasteiger partial charge in [-0.05, 0) is 76.5 Å². The fourth-order valence-electron chi connectivity index (χ4n) is 4.58. The molecule has 38 heavy (non-hydrogen) atoms. The summed E-state index contributed by atoms with van der Waals surface area (Å²) in [5.74, 6) is 3.58. The average Bonchev–Trinajstić information content (AvgIpc) is 3.81. The van der Waals surface area contributed by atoms with Crippen molar-refractivity contribution in [2.75, 3.05) is 0 Å². The minimum absolute atomic E-state index is 0.319. The van der Waals surface area contributed by atoms with E-state index in [9.17, 15) is 0 Å². The monoisotopic (exact) mass is 572 g/mol. The Morgan fingerprint density at radius 1 is 0.763 bits per heavy atom. The molecule has 0 amide bonds. The molecule has 2 saturated carbocycles. The van der Waals surface area contributed by atoms with Crippen molar-refractivity contribution in [1.29, 1.82) is 0 Å². The Morgan fingerprint density at radius 2 is 1.26 bits per heavy atom. The molecule has 3 fully saturated rings. The first-order valence-corrected chi connectivity index (χ1v) is 14.3. The van der Waals surface area contributed by atoms with E-state index in [2.05, 4.69) is 93.9 Å². The van der Waals surface area contributed by atoms with E-state index in [0.29, 0.717) is 11.8 Å². The molecule has 1 aliphatic heterocycles. The van der Waals surface area contributed by atoms with Crippen LogP contribution in [0.15, 0.2) is 65.4 Å². The Kier molecular flexibility index (Phi) is 6.61. The topological polar surface area (TPSA) is 75.8 Å². The number of hydrogen-bond donors (Lipinski definition) is 2. The molecule has 8 heteroatoms. The molecule has 0 radical (unpaired) electrons. The minimum atomic E-state index is -0.328. The first-order chi connectivity index (χ1) is 18.2. The number of H-pyrrole nitrogens is 2. The molecule has 0 atom stereocenters. The molecule has 0 unspecified atom stereocenters. The van der Waals surface area contributed by atoms with Crippen LogP contribution in [0.4, 0.5) is 0 Å². The molecule has 4 aromatic rings. The van der Waals surface area contributed by atoms with Crippen molar-refractivity contribution in [2.45, 2.75) is 76.4 Å². The van der Waals surface area contributed by atoms with Crippen LogP contribution in [-0.4, -0.2) is 38.3 Å². The van der Waals surface area contributed by atoms with E-state index in [1.807, 2.05) is 30.6 Å². The van der Waals surface area contributed by atoms with E-state index in [4.69, 9.17) is 9.31 Å². The van der Waals surface area contributed by atoms with Gasteiger partial charge in [0.25, 0.3) is 0 Å². The van der Waals surface area contributed by atoms with Gasteiger partial charge in [0.2, 0.25) is 0 Å². The molecule has 0 bridgehead atoms. The average molecular weight is 573 g/mol. The number of aromatic nitrogens is 4. The molecule has 196 valence electrons. The molecule has 7 rings (SSSR count). The largest absolute Gasteiger partial charge is 0.494 e. The Labute approximate surface area is 233 Å². The Bertz CT molecular complexity index is 1420.